The zero-order chi connectivity index (χ0) is 13.9. The molecule has 0 aliphatic rings. The van der Waals surface area contributed by atoms with Crippen LogP contribution in [0.2, 0.25) is 0 Å². The molecule has 0 bridgehead atoms. The molecule has 2 heteroatoms. The summed E-state index contributed by atoms with van der Waals surface area (Å²) in [5.74, 6) is 0. The fourth-order valence-electron chi connectivity index (χ4n) is 2.22. The Kier molecular flexibility index (Phi) is 4.23. The summed E-state index contributed by atoms with van der Waals surface area (Å²) < 4.78 is 0. The lowest BCUT2D eigenvalue weighted by Gasteiger charge is -2.25. The molecule has 19 heavy (non-hydrogen) atoms. The van der Waals surface area contributed by atoms with Crippen LogP contribution < -0.4 is 5.32 Å². The van der Waals surface area contributed by atoms with Crippen LogP contribution in [0.5, 0.6) is 0 Å². The number of nitrogens with one attached hydrogen (secondary N) is 1. The van der Waals surface area contributed by atoms with Gasteiger partial charge in [-0.05, 0) is 23.3 Å². The number of benzene rings is 2. The van der Waals surface area contributed by atoms with E-state index in [9.17, 15) is 5.11 Å². The molecule has 0 fully saturated rings. The van der Waals surface area contributed by atoms with Gasteiger partial charge in [0.15, 0.2) is 0 Å². The Labute approximate surface area is 115 Å². The molecule has 0 radical (unpaired) electrons. The molecule has 2 aromatic carbocycles. The zero-order valence-corrected chi connectivity index (χ0v) is 12.0. The van der Waals surface area contributed by atoms with Gasteiger partial charge in [0.2, 0.25) is 0 Å². The third-order valence-corrected chi connectivity index (χ3v) is 3.60. The monoisotopic (exact) mass is 257 g/mol. The molecule has 0 saturated heterocycles. The van der Waals surface area contributed by atoms with E-state index in [1.54, 1.807) is 0 Å². The number of aliphatic hydroxyl groups excluding tert-OH is 1. The first-order chi connectivity index (χ1) is 9.03. The van der Waals surface area contributed by atoms with Crippen LogP contribution in [0.25, 0.3) is 10.8 Å². The summed E-state index contributed by atoms with van der Waals surface area (Å²) in [6.07, 6.45) is 0. The Balaban J connectivity index is 2.20. The maximum absolute atomic E-state index is 9.31. The SMILES string of the molecule is CC(NCC(C)(C)CO)c1cccc2ccccc12. The van der Waals surface area contributed by atoms with E-state index in [0.29, 0.717) is 0 Å². The number of fused-ring (bicyclic) bond motifs is 1. The lowest BCUT2D eigenvalue weighted by atomic mass is 9.93. The first kappa shape index (κ1) is 14.0. The number of rotatable bonds is 5. The van der Waals surface area contributed by atoms with E-state index < -0.39 is 0 Å². The molecule has 0 heterocycles. The van der Waals surface area contributed by atoms with Gasteiger partial charge in [-0.1, -0.05) is 56.3 Å². The van der Waals surface area contributed by atoms with Gasteiger partial charge in [0.1, 0.15) is 0 Å². The fourth-order valence-corrected chi connectivity index (χ4v) is 2.22. The van der Waals surface area contributed by atoms with Crippen molar-refractivity contribution in [3.8, 4) is 0 Å². The van der Waals surface area contributed by atoms with E-state index in [0.717, 1.165) is 6.54 Å². The third-order valence-electron chi connectivity index (χ3n) is 3.60. The predicted octanol–water partition coefficient (Wildman–Crippen LogP) is 3.51. The summed E-state index contributed by atoms with van der Waals surface area (Å²) in [4.78, 5) is 0. The van der Waals surface area contributed by atoms with Crippen LogP contribution in [0.3, 0.4) is 0 Å². The minimum Gasteiger partial charge on any atom is -0.396 e. The second-order valence-electron chi connectivity index (χ2n) is 5.99. The molecule has 0 amide bonds. The molecule has 2 rings (SSSR count). The number of hydrogen-bond donors (Lipinski definition) is 2. The molecule has 0 aliphatic heterocycles. The van der Waals surface area contributed by atoms with Gasteiger partial charge in [0, 0.05) is 24.6 Å². The highest BCUT2D eigenvalue weighted by Crippen LogP contribution is 2.24. The van der Waals surface area contributed by atoms with E-state index >= 15 is 0 Å². The molecule has 2 aromatic rings. The summed E-state index contributed by atoms with van der Waals surface area (Å²) in [6, 6.07) is 15.2. The maximum atomic E-state index is 9.31. The standard InChI is InChI=1S/C17H23NO/c1-13(18-11-17(2,3)12-19)15-10-6-8-14-7-4-5-9-16(14)15/h4-10,13,18-19H,11-12H2,1-3H3. The van der Waals surface area contributed by atoms with E-state index in [2.05, 4.69) is 68.6 Å². The third kappa shape index (κ3) is 3.34. The average Bonchev–Trinajstić information content (AvgIpc) is 2.44. The normalized spacial score (nSPS) is 13.7. The summed E-state index contributed by atoms with van der Waals surface area (Å²) in [5, 5.41) is 15.4. The molecule has 0 saturated carbocycles. The van der Waals surface area contributed by atoms with Gasteiger partial charge in [-0.25, -0.2) is 0 Å². The van der Waals surface area contributed by atoms with E-state index in [1.807, 2.05) is 0 Å². The van der Waals surface area contributed by atoms with Crippen LogP contribution in [0.1, 0.15) is 32.4 Å². The molecule has 0 aliphatic carbocycles. The van der Waals surface area contributed by atoms with Gasteiger partial charge in [0.05, 0.1) is 0 Å². The molecular formula is C17H23NO. The van der Waals surface area contributed by atoms with Crippen LogP contribution in [-0.4, -0.2) is 18.3 Å². The molecule has 2 N–H and O–H groups in total. The van der Waals surface area contributed by atoms with Crippen molar-refractivity contribution >= 4 is 10.8 Å². The molecule has 0 spiro atoms. The van der Waals surface area contributed by atoms with Crippen LogP contribution in [-0.2, 0) is 0 Å². The second kappa shape index (κ2) is 5.72. The van der Waals surface area contributed by atoms with Gasteiger partial charge in [-0.15, -0.1) is 0 Å². The summed E-state index contributed by atoms with van der Waals surface area (Å²) in [7, 11) is 0. The summed E-state index contributed by atoms with van der Waals surface area (Å²) >= 11 is 0. The summed E-state index contributed by atoms with van der Waals surface area (Å²) in [6.45, 7) is 7.30. The Morgan fingerprint density at radius 3 is 2.53 bits per heavy atom. The molecule has 1 unspecified atom stereocenters. The van der Waals surface area contributed by atoms with Crippen molar-refractivity contribution in [2.45, 2.75) is 26.8 Å². The van der Waals surface area contributed by atoms with Crippen LogP contribution in [0, 0.1) is 5.41 Å². The van der Waals surface area contributed by atoms with E-state index in [1.165, 1.54) is 16.3 Å². The van der Waals surface area contributed by atoms with Gasteiger partial charge in [0.25, 0.3) is 0 Å². The second-order valence-corrected chi connectivity index (χ2v) is 5.99. The average molecular weight is 257 g/mol. The van der Waals surface area contributed by atoms with Gasteiger partial charge in [-0.2, -0.15) is 0 Å². The Morgan fingerprint density at radius 2 is 1.79 bits per heavy atom. The lowest BCUT2D eigenvalue weighted by molar-refractivity contribution is 0.154. The van der Waals surface area contributed by atoms with Crippen LogP contribution in [0.4, 0.5) is 0 Å². The topological polar surface area (TPSA) is 32.3 Å². The lowest BCUT2D eigenvalue weighted by Crippen LogP contribution is -2.33. The Bertz CT molecular complexity index is 542. The molecule has 0 aromatic heterocycles. The van der Waals surface area contributed by atoms with Gasteiger partial charge in [-0.3, -0.25) is 0 Å². The quantitative estimate of drug-likeness (QED) is 0.859. The first-order valence-corrected chi connectivity index (χ1v) is 6.85. The van der Waals surface area contributed by atoms with E-state index in [4.69, 9.17) is 0 Å². The highest BCUT2D eigenvalue weighted by atomic mass is 16.3. The fraction of sp³-hybridized carbons (Fsp3) is 0.412. The first-order valence-electron chi connectivity index (χ1n) is 6.85. The number of hydrogen-bond acceptors (Lipinski definition) is 2. The van der Waals surface area contributed by atoms with Gasteiger partial charge < -0.3 is 10.4 Å². The van der Waals surface area contributed by atoms with Crippen LogP contribution in [0.15, 0.2) is 42.5 Å². The zero-order valence-electron chi connectivity index (χ0n) is 12.0. The predicted molar refractivity (Wildman–Crippen MR) is 81.2 cm³/mol. The Morgan fingerprint density at radius 1 is 1.11 bits per heavy atom. The van der Waals surface area contributed by atoms with Crippen molar-refractivity contribution < 1.29 is 5.11 Å². The smallest absolute Gasteiger partial charge is 0.0494 e. The van der Waals surface area contributed by atoms with Crippen molar-refractivity contribution in [1.82, 2.24) is 5.32 Å². The van der Waals surface area contributed by atoms with Crippen molar-refractivity contribution in [2.24, 2.45) is 5.41 Å². The maximum Gasteiger partial charge on any atom is 0.0494 e. The largest absolute Gasteiger partial charge is 0.396 e. The highest BCUT2D eigenvalue weighted by Gasteiger charge is 2.18. The van der Waals surface area contributed by atoms with Crippen LogP contribution >= 0.6 is 0 Å². The minimum absolute atomic E-state index is 0.0845. The molecule has 102 valence electrons. The summed E-state index contributed by atoms with van der Waals surface area (Å²) in [5.41, 5.74) is 1.23. The highest BCUT2D eigenvalue weighted by molar-refractivity contribution is 5.86. The molecule has 1 atom stereocenters. The van der Waals surface area contributed by atoms with Crippen molar-refractivity contribution in [3.63, 3.8) is 0 Å². The van der Waals surface area contributed by atoms with Crippen molar-refractivity contribution in [2.75, 3.05) is 13.2 Å². The van der Waals surface area contributed by atoms with Crippen molar-refractivity contribution in [1.29, 1.82) is 0 Å². The molecule has 2 nitrogen and oxygen atoms in total. The Hall–Kier alpha value is -1.38. The van der Waals surface area contributed by atoms with Gasteiger partial charge >= 0.3 is 0 Å². The molecular weight excluding hydrogens is 234 g/mol. The number of aliphatic hydroxyl groups is 1. The van der Waals surface area contributed by atoms with Crippen molar-refractivity contribution in [3.05, 3.63) is 48.0 Å². The van der Waals surface area contributed by atoms with E-state index in [-0.39, 0.29) is 18.1 Å². The minimum atomic E-state index is -0.0845.